The number of ether oxygens (including phenoxy) is 2. The molecule has 0 amide bonds. The van der Waals surface area contributed by atoms with E-state index in [-0.39, 0.29) is 35.8 Å². The molecule has 0 saturated carbocycles. The third-order valence-corrected chi connectivity index (χ3v) is 6.40. The molecule has 0 spiro atoms. The third kappa shape index (κ3) is 4.30. The molecule has 0 aromatic heterocycles. The number of rotatable bonds is 5. The molecule has 158 valence electrons. The first kappa shape index (κ1) is 20.3. The first-order chi connectivity index (χ1) is 14.4. The molecule has 1 unspecified atom stereocenters. The molecule has 1 fully saturated rings. The minimum atomic E-state index is -3.70. The smallest absolute Gasteiger partial charge is 0.310 e. The molecule has 30 heavy (non-hydrogen) atoms. The Bertz CT molecular complexity index is 1070. The Hall–Kier alpha value is -2.94. The van der Waals surface area contributed by atoms with Gasteiger partial charge >= 0.3 is 5.97 Å². The van der Waals surface area contributed by atoms with Gasteiger partial charge in [-0.3, -0.25) is 4.79 Å². The van der Waals surface area contributed by atoms with Crippen LogP contribution in [-0.4, -0.2) is 51.4 Å². The van der Waals surface area contributed by atoms with Crippen molar-refractivity contribution in [1.82, 2.24) is 4.90 Å². The number of halogens is 1. The van der Waals surface area contributed by atoms with Gasteiger partial charge in [-0.25, -0.2) is 4.39 Å². The maximum atomic E-state index is 12.9. The Balaban J connectivity index is 1.33. The first-order valence-corrected chi connectivity index (χ1v) is 11.1. The van der Waals surface area contributed by atoms with E-state index >= 15 is 0 Å². The van der Waals surface area contributed by atoms with E-state index in [2.05, 4.69) is 4.40 Å². The molecule has 2 aromatic carbocycles. The quantitative estimate of drug-likeness (QED) is 0.533. The summed E-state index contributed by atoms with van der Waals surface area (Å²) in [5.41, 5.74) is 0.569. The van der Waals surface area contributed by atoms with Gasteiger partial charge in [0.05, 0.1) is 5.92 Å². The van der Waals surface area contributed by atoms with Gasteiger partial charge in [-0.05, 0) is 49.2 Å². The van der Waals surface area contributed by atoms with Gasteiger partial charge in [0, 0.05) is 18.7 Å². The van der Waals surface area contributed by atoms with Gasteiger partial charge in [0.15, 0.2) is 5.84 Å². The largest absolute Gasteiger partial charge is 0.490 e. The van der Waals surface area contributed by atoms with Crippen molar-refractivity contribution in [2.45, 2.75) is 17.7 Å². The Kier molecular flexibility index (Phi) is 5.72. The average Bonchev–Trinajstić information content (AvgIpc) is 3.04. The molecule has 4 rings (SSSR count). The van der Waals surface area contributed by atoms with Crippen molar-refractivity contribution >= 4 is 21.8 Å². The van der Waals surface area contributed by atoms with Crippen LogP contribution in [0.5, 0.6) is 5.75 Å². The summed E-state index contributed by atoms with van der Waals surface area (Å²) >= 11 is 0. The fraction of sp³-hybridized carbons (Fsp3) is 0.333. The average molecular weight is 432 g/mol. The lowest BCUT2D eigenvalue weighted by atomic mass is 9.97. The number of sulfonamides is 1. The molecule has 1 atom stereocenters. The number of esters is 1. The van der Waals surface area contributed by atoms with Crippen LogP contribution >= 0.6 is 0 Å². The van der Waals surface area contributed by atoms with E-state index in [4.69, 9.17) is 9.47 Å². The Morgan fingerprint density at radius 1 is 1.13 bits per heavy atom. The first-order valence-electron chi connectivity index (χ1n) is 9.68. The normalized spacial score (nSPS) is 19.7. The van der Waals surface area contributed by atoms with E-state index in [1.165, 1.54) is 30.3 Å². The van der Waals surface area contributed by atoms with Crippen molar-refractivity contribution < 1.29 is 27.1 Å². The molecule has 7 nitrogen and oxygen atoms in total. The fourth-order valence-electron chi connectivity index (χ4n) is 3.63. The van der Waals surface area contributed by atoms with Gasteiger partial charge < -0.3 is 14.4 Å². The van der Waals surface area contributed by atoms with Gasteiger partial charge in [0.1, 0.15) is 29.7 Å². The Morgan fingerprint density at radius 3 is 2.70 bits per heavy atom. The number of hydrogen-bond acceptors (Lipinski definition) is 6. The van der Waals surface area contributed by atoms with Crippen LogP contribution in [-0.2, 0) is 19.6 Å². The summed E-state index contributed by atoms with van der Waals surface area (Å²) < 4.78 is 52.2. The van der Waals surface area contributed by atoms with Crippen molar-refractivity contribution in [3.63, 3.8) is 0 Å². The highest BCUT2D eigenvalue weighted by Gasteiger charge is 2.35. The van der Waals surface area contributed by atoms with Gasteiger partial charge in [-0.2, -0.15) is 8.42 Å². The van der Waals surface area contributed by atoms with Gasteiger partial charge in [-0.1, -0.05) is 12.1 Å². The lowest BCUT2D eigenvalue weighted by Crippen LogP contribution is -2.43. The Morgan fingerprint density at radius 2 is 1.90 bits per heavy atom. The van der Waals surface area contributed by atoms with Crippen LogP contribution in [0.2, 0.25) is 0 Å². The number of fused-ring (bicyclic) bond motifs is 1. The summed E-state index contributed by atoms with van der Waals surface area (Å²) in [7, 11) is -3.70. The van der Waals surface area contributed by atoms with Gasteiger partial charge in [-0.15, -0.1) is 4.40 Å². The summed E-state index contributed by atoms with van der Waals surface area (Å²) in [5.74, 6) is -0.184. The van der Waals surface area contributed by atoms with E-state index in [1.807, 2.05) is 4.90 Å². The number of carbonyl (C=O) groups excluding carboxylic acids is 1. The number of benzene rings is 2. The summed E-state index contributed by atoms with van der Waals surface area (Å²) in [5, 5.41) is 0. The third-order valence-electron chi connectivity index (χ3n) is 5.08. The summed E-state index contributed by atoms with van der Waals surface area (Å²) in [6, 6.07) is 12.3. The van der Waals surface area contributed by atoms with Crippen molar-refractivity contribution in [3.05, 3.63) is 59.9 Å². The zero-order valence-corrected chi connectivity index (χ0v) is 17.0. The number of likely N-dealkylation sites (tertiary alicyclic amines) is 1. The number of amidine groups is 1. The summed E-state index contributed by atoms with van der Waals surface area (Å²) in [6.45, 7) is 1.21. The van der Waals surface area contributed by atoms with Crippen LogP contribution in [0.15, 0.2) is 57.8 Å². The molecule has 2 aliphatic rings. The molecule has 9 heteroatoms. The van der Waals surface area contributed by atoms with Gasteiger partial charge in [0.25, 0.3) is 10.0 Å². The predicted molar refractivity (Wildman–Crippen MR) is 107 cm³/mol. The monoisotopic (exact) mass is 432 g/mol. The molecular weight excluding hydrogens is 411 g/mol. The van der Waals surface area contributed by atoms with Gasteiger partial charge in [0.2, 0.25) is 0 Å². The van der Waals surface area contributed by atoms with E-state index in [9.17, 15) is 17.6 Å². The lowest BCUT2D eigenvalue weighted by Gasteiger charge is -2.32. The van der Waals surface area contributed by atoms with Crippen LogP contribution in [0.1, 0.15) is 18.4 Å². The maximum absolute atomic E-state index is 12.9. The molecule has 0 radical (unpaired) electrons. The zero-order valence-electron chi connectivity index (χ0n) is 16.2. The van der Waals surface area contributed by atoms with E-state index in [1.54, 1.807) is 18.2 Å². The molecule has 2 aromatic rings. The number of nitrogens with zero attached hydrogens (tertiary/aromatic N) is 2. The van der Waals surface area contributed by atoms with E-state index in [0.29, 0.717) is 36.7 Å². The highest BCUT2D eigenvalue weighted by Crippen LogP contribution is 2.30. The molecular formula is C21H21FN2O5S. The summed E-state index contributed by atoms with van der Waals surface area (Å²) in [6.07, 6.45) is 1.39. The molecule has 0 aliphatic carbocycles. The SMILES string of the molecule is O=C(OCCOc1ccc(F)cc1)C1CCCN(C2=NS(=O)(=O)c3ccccc32)C1. The second-order valence-corrected chi connectivity index (χ2v) is 8.71. The highest BCUT2D eigenvalue weighted by molar-refractivity contribution is 7.90. The minimum absolute atomic E-state index is 0.0743. The van der Waals surface area contributed by atoms with Crippen LogP contribution in [0.3, 0.4) is 0 Å². The minimum Gasteiger partial charge on any atom is -0.490 e. The highest BCUT2D eigenvalue weighted by atomic mass is 32.2. The van der Waals surface area contributed by atoms with Crippen molar-refractivity contribution in [2.24, 2.45) is 10.3 Å². The Labute approximate surface area is 174 Å². The second-order valence-electron chi connectivity index (χ2n) is 7.14. The molecule has 0 N–H and O–H groups in total. The van der Waals surface area contributed by atoms with Crippen LogP contribution in [0.4, 0.5) is 4.39 Å². The molecule has 2 heterocycles. The topological polar surface area (TPSA) is 85.3 Å². The van der Waals surface area contributed by atoms with E-state index in [0.717, 1.165) is 6.42 Å². The van der Waals surface area contributed by atoms with Crippen molar-refractivity contribution in [3.8, 4) is 5.75 Å². The maximum Gasteiger partial charge on any atom is 0.310 e. The number of piperidine rings is 1. The molecule has 2 aliphatic heterocycles. The van der Waals surface area contributed by atoms with Crippen LogP contribution < -0.4 is 4.74 Å². The fourth-order valence-corrected chi connectivity index (χ4v) is 4.86. The molecule has 0 bridgehead atoms. The standard InChI is InChI=1S/C21H21FN2O5S/c22-16-7-9-17(10-8-16)28-12-13-29-21(25)15-4-3-11-24(14-15)20-18-5-1-2-6-19(18)30(26,27)23-20/h1-2,5-10,15H,3-4,11-14H2. The van der Waals surface area contributed by atoms with Crippen molar-refractivity contribution in [2.75, 3.05) is 26.3 Å². The number of carbonyl (C=O) groups is 1. The zero-order chi connectivity index (χ0) is 21.1. The molecule has 1 saturated heterocycles. The second kappa shape index (κ2) is 8.43. The van der Waals surface area contributed by atoms with Crippen molar-refractivity contribution in [1.29, 1.82) is 0 Å². The predicted octanol–water partition coefficient (Wildman–Crippen LogP) is 2.61. The van der Waals surface area contributed by atoms with Crippen LogP contribution in [0, 0.1) is 11.7 Å². The number of hydrogen-bond donors (Lipinski definition) is 0. The van der Waals surface area contributed by atoms with E-state index < -0.39 is 10.0 Å². The lowest BCUT2D eigenvalue weighted by molar-refractivity contribution is -0.150. The van der Waals surface area contributed by atoms with Crippen LogP contribution in [0.25, 0.3) is 0 Å². The summed E-state index contributed by atoms with van der Waals surface area (Å²) in [4.78, 5) is 14.5.